The Balaban J connectivity index is 1.39. The first-order valence-electron chi connectivity index (χ1n) is 10.9. The van der Waals surface area contributed by atoms with E-state index in [0.717, 1.165) is 39.7 Å². The summed E-state index contributed by atoms with van der Waals surface area (Å²) >= 11 is 6.13. The maximum atomic E-state index is 6.13. The predicted octanol–water partition coefficient (Wildman–Crippen LogP) is 7.14. The summed E-state index contributed by atoms with van der Waals surface area (Å²) in [6.45, 7) is 0. The molecule has 0 saturated carbocycles. The van der Waals surface area contributed by atoms with Crippen LogP contribution >= 0.6 is 11.6 Å². The lowest BCUT2D eigenvalue weighted by Crippen LogP contribution is -2.18. The van der Waals surface area contributed by atoms with E-state index in [1.54, 1.807) is 0 Å². The third-order valence-electron chi connectivity index (χ3n) is 5.61. The minimum Gasteiger partial charge on any atom is -0.279 e. The van der Waals surface area contributed by atoms with Gasteiger partial charge in [0.05, 0.1) is 29.3 Å². The zero-order chi connectivity index (χ0) is 22.5. The molecular weight excluding hydrogens is 428 g/mol. The van der Waals surface area contributed by atoms with Gasteiger partial charge in [0.2, 0.25) is 0 Å². The van der Waals surface area contributed by atoms with E-state index in [2.05, 4.69) is 76.2 Å². The number of hydrazone groups is 2. The first-order chi connectivity index (χ1) is 16.3. The Morgan fingerprint density at radius 1 is 0.818 bits per heavy atom. The van der Waals surface area contributed by atoms with Crippen molar-refractivity contribution >= 4 is 34.9 Å². The zero-order valence-electron chi connectivity index (χ0n) is 18.0. The number of rotatable bonds is 6. The van der Waals surface area contributed by atoms with Gasteiger partial charge in [0.15, 0.2) is 0 Å². The molecule has 1 heterocycles. The Morgan fingerprint density at radius 2 is 1.48 bits per heavy atom. The molecule has 5 heteroatoms. The number of anilines is 2. The average molecular weight is 451 g/mol. The van der Waals surface area contributed by atoms with E-state index in [9.17, 15) is 0 Å². The molecule has 5 rings (SSSR count). The van der Waals surface area contributed by atoms with Crippen molar-refractivity contribution in [2.75, 3.05) is 10.4 Å². The highest BCUT2D eigenvalue weighted by atomic mass is 35.5. The normalized spacial score (nSPS) is 15.6. The number of hydrogen-bond acceptors (Lipinski definition) is 4. The summed E-state index contributed by atoms with van der Waals surface area (Å²) in [5.41, 5.74) is 9.46. The SMILES string of the molecule is Clc1ccc([C@@H]2CC(c3ccccc3)=NN2c2ccc(/C=N\Nc3ccccc3)cc2)cc1. The minimum atomic E-state index is 0.108. The van der Waals surface area contributed by atoms with E-state index in [4.69, 9.17) is 16.7 Å². The van der Waals surface area contributed by atoms with Crippen LogP contribution in [-0.4, -0.2) is 11.9 Å². The number of hydrogen-bond donors (Lipinski definition) is 1. The van der Waals surface area contributed by atoms with Gasteiger partial charge in [-0.2, -0.15) is 10.2 Å². The summed E-state index contributed by atoms with van der Waals surface area (Å²) in [4.78, 5) is 0. The monoisotopic (exact) mass is 450 g/mol. The van der Waals surface area contributed by atoms with Crippen molar-refractivity contribution in [1.82, 2.24) is 0 Å². The van der Waals surface area contributed by atoms with Gasteiger partial charge in [-0.1, -0.05) is 84.4 Å². The number of para-hydroxylation sites is 1. The van der Waals surface area contributed by atoms with Crippen LogP contribution in [0.15, 0.2) is 119 Å². The molecule has 33 heavy (non-hydrogen) atoms. The number of benzene rings is 4. The zero-order valence-corrected chi connectivity index (χ0v) is 18.7. The average Bonchev–Trinajstić information content (AvgIpc) is 3.32. The molecule has 162 valence electrons. The second-order valence-corrected chi connectivity index (χ2v) is 8.29. The molecule has 0 radical (unpaired) electrons. The van der Waals surface area contributed by atoms with Crippen LogP contribution in [0.5, 0.6) is 0 Å². The highest BCUT2D eigenvalue weighted by Gasteiger charge is 2.29. The minimum absolute atomic E-state index is 0.108. The van der Waals surface area contributed by atoms with E-state index in [1.165, 1.54) is 5.56 Å². The van der Waals surface area contributed by atoms with E-state index >= 15 is 0 Å². The van der Waals surface area contributed by atoms with Gasteiger partial charge in [0.25, 0.3) is 0 Å². The summed E-state index contributed by atoms with van der Waals surface area (Å²) in [5.74, 6) is 0. The van der Waals surface area contributed by atoms with Gasteiger partial charge >= 0.3 is 0 Å². The van der Waals surface area contributed by atoms with Crippen molar-refractivity contribution in [2.45, 2.75) is 12.5 Å². The molecule has 4 nitrogen and oxygen atoms in total. The smallest absolute Gasteiger partial charge is 0.0831 e. The van der Waals surface area contributed by atoms with Gasteiger partial charge in [-0.25, -0.2) is 0 Å². The summed E-state index contributed by atoms with van der Waals surface area (Å²) in [7, 11) is 0. The molecule has 0 aromatic heterocycles. The van der Waals surface area contributed by atoms with Crippen molar-refractivity contribution in [3.8, 4) is 0 Å². The topological polar surface area (TPSA) is 40.0 Å². The molecule has 0 amide bonds. The van der Waals surface area contributed by atoms with E-state index < -0.39 is 0 Å². The van der Waals surface area contributed by atoms with Crippen molar-refractivity contribution in [1.29, 1.82) is 0 Å². The van der Waals surface area contributed by atoms with Gasteiger partial charge < -0.3 is 0 Å². The van der Waals surface area contributed by atoms with Crippen LogP contribution < -0.4 is 10.4 Å². The van der Waals surface area contributed by atoms with Gasteiger partial charge in [0, 0.05) is 11.4 Å². The van der Waals surface area contributed by atoms with Crippen molar-refractivity contribution < 1.29 is 0 Å². The predicted molar refractivity (Wildman–Crippen MR) is 138 cm³/mol. The summed E-state index contributed by atoms with van der Waals surface area (Å²) < 4.78 is 0. The van der Waals surface area contributed by atoms with Crippen LogP contribution in [0.1, 0.15) is 29.2 Å². The maximum Gasteiger partial charge on any atom is 0.0831 e. The third kappa shape index (κ3) is 4.97. The second-order valence-electron chi connectivity index (χ2n) is 7.86. The Kier molecular flexibility index (Phi) is 6.18. The quantitative estimate of drug-likeness (QED) is 0.250. The molecule has 0 aliphatic carbocycles. The first kappa shape index (κ1) is 21.0. The van der Waals surface area contributed by atoms with Crippen molar-refractivity contribution in [3.63, 3.8) is 0 Å². The van der Waals surface area contributed by atoms with E-state index in [1.807, 2.05) is 54.7 Å². The second kappa shape index (κ2) is 9.72. The van der Waals surface area contributed by atoms with Gasteiger partial charge in [-0.15, -0.1) is 0 Å². The molecule has 1 N–H and O–H groups in total. The highest BCUT2D eigenvalue weighted by molar-refractivity contribution is 6.30. The van der Waals surface area contributed by atoms with Crippen molar-refractivity contribution in [3.05, 3.63) is 131 Å². The van der Waals surface area contributed by atoms with Crippen LogP contribution in [0.3, 0.4) is 0 Å². The molecule has 0 unspecified atom stereocenters. The molecule has 4 aromatic carbocycles. The molecule has 1 aliphatic rings. The molecule has 1 aliphatic heterocycles. The van der Waals surface area contributed by atoms with Crippen LogP contribution in [0, 0.1) is 0 Å². The molecule has 1 atom stereocenters. The number of nitrogens with zero attached hydrogens (tertiary/aromatic N) is 3. The maximum absolute atomic E-state index is 6.13. The molecule has 0 bridgehead atoms. The van der Waals surface area contributed by atoms with Gasteiger partial charge in [-0.3, -0.25) is 10.4 Å². The fourth-order valence-corrected chi connectivity index (χ4v) is 4.03. The van der Waals surface area contributed by atoms with Crippen LogP contribution in [0.25, 0.3) is 0 Å². The summed E-state index contributed by atoms with van der Waals surface area (Å²) in [6, 6.07) is 36.7. The Morgan fingerprint density at radius 3 is 2.18 bits per heavy atom. The molecular formula is C28H23ClN4. The van der Waals surface area contributed by atoms with Crippen LogP contribution in [-0.2, 0) is 0 Å². The van der Waals surface area contributed by atoms with Crippen LogP contribution in [0.2, 0.25) is 5.02 Å². The Hall–Kier alpha value is -3.89. The number of halogens is 1. The van der Waals surface area contributed by atoms with Crippen LogP contribution in [0.4, 0.5) is 11.4 Å². The lowest BCUT2D eigenvalue weighted by molar-refractivity contribution is 0.709. The highest BCUT2D eigenvalue weighted by Crippen LogP contribution is 2.37. The summed E-state index contributed by atoms with van der Waals surface area (Å²) in [6.07, 6.45) is 2.64. The molecule has 0 spiro atoms. The standard InChI is InChI=1S/C28H23ClN4/c29-24-15-13-23(14-16-24)28-19-27(22-7-3-1-4-8-22)32-33(28)26-17-11-21(12-18-26)20-30-31-25-9-5-2-6-10-25/h1-18,20,28,31H,19H2/b30-20-/t28-/m0/s1. The lowest BCUT2D eigenvalue weighted by Gasteiger charge is -2.24. The fourth-order valence-electron chi connectivity index (χ4n) is 3.91. The largest absolute Gasteiger partial charge is 0.279 e. The fraction of sp³-hybridized carbons (Fsp3) is 0.0714. The molecule has 4 aromatic rings. The van der Waals surface area contributed by atoms with Gasteiger partial charge in [-0.05, 0) is 53.1 Å². The first-order valence-corrected chi connectivity index (χ1v) is 11.3. The van der Waals surface area contributed by atoms with Gasteiger partial charge in [0.1, 0.15) is 0 Å². The third-order valence-corrected chi connectivity index (χ3v) is 5.86. The molecule has 0 fully saturated rings. The summed E-state index contributed by atoms with van der Waals surface area (Å²) in [5, 5.41) is 12.2. The van der Waals surface area contributed by atoms with E-state index in [-0.39, 0.29) is 6.04 Å². The lowest BCUT2D eigenvalue weighted by atomic mass is 9.98. The Bertz CT molecular complexity index is 1250. The molecule has 0 saturated heterocycles. The Labute approximate surface area is 198 Å². The van der Waals surface area contributed by atoms with Crippen molar-refractivity contribution in [2.24, 2.45) is 10.2 Å². The number of nitrogens with one attached hydrogen (secondary N) is 1. The van der Waals surface area contributed by atoms with E-state index in [0.29, 0.717) is 0 Å².